The van der Waals surface area contributed by atoms with Gasteiger partial charge in [-0.25, -0.2) is 4.98 Å². The van der Waals surface area contributed by atoms with E-state index in [9.17, 15) is 24.3 Å². The number of amides is 4. The summed E-state index contributed by atoms with van der Waals surface area (Å²) in [6.45, 7) is 8.66. The molecule has 6 atom stereocenters. The smallest absolute Gasteiger partial charge is 0.243 e. The zero-order valence-electron chi connectivity index (χ0n) is 37.2. The Morgan fingerprint density at radius 2 is 1.33 bits per heavy atom. The highest BCUT2D eigenvalue weighted by molar-refractivity contribution is 5.95. The molecule has 3 aromatic carbocycles. The fourth-order valence-corrected chi connectivity index (χ4v) is 9.46. The number of aliphatic hydroxyl groups is 1. The van der Waals surface area contributed by atoms with Gasteiger partial charge in [-0.05, 0) is 73.0 Å². The number of hydrogen-bond acceptors (Lipinski definition) is 6. The van der Waals surface area contributed by atoms with Crippen LogP contribution in [0.1, 0.15) is 94.0 Å². The highest BCUT2D eigenvalue weighted by Gasteiger charge is 2.39. The third-order valence-corrected chi connectivity index (χ3v) is 13.1. The van der Waals surface area contributed by atoms with E-state index >= 15 is 0 Å². The quantitative estimate of drug-likeness (QED) is 0.0541. The third-order valence-electron chi connectivity index (χ3n) is 13.1. The standard InChI is InChI=1S/C52H68N6O5/c1-4-41(36(2)3)32-48(59)44(30-39-22-13-7-14-23-39)55-50(61)46(33-43-34-53-35-54-43)56-49(60)45(31-40-24-15-8-16-25-40)57-51(62)47-26-17-27-58(47)52(63)42(28-37-18-9-5-10-19-37)29-38-20-11-6-12-21-38/h4-6,8-12,15-16,18-21,24-25,34-36,39,41-42,44-48,59H,1,7,13-14,17,22-23,26-33H2,2-3H3,(H,53,54)(H,55,61)(H,56,60)(H,57,62)/t41-,44?,45-,46-,47+,48-/m0/s1. The molecule has 2 aliphatic rings. The minimum absolute atomic E-state index is 0.0670. The molecule has 5 N–H and O–H groups in total. The lowest BCUT2D eigenvalue weighted by molar-refractivity contribution is -0.142. The number of imidazole rings is 1. The number of benzene rings is 3. The van der Waals surface area contributed by atoms with Crippen LogP contribution in [0.3, 0.4) is 0 Å². The Bertz CT molecular complexity index is 1980. The van der Waals surface area contributed by atoms with Gasteiger partial charge in [0.05, 0.1) is 24.2 Å². The second-order valence-corrected chi connectivity index (χ2v) is 18.1. The van der Waals surface area contributed by atoms with Gasteiger partial charge in [-0.1, -0.05) is 143 Å². The second kappa shape index (κ2) is 23.8. The van der Waals surface area contributed by atoms with Crippen molar-refractivity contribution in [1.82, 2.24) is 30.8 Å². The van der Waals surface area contributed by atoms with Crippen LogP contribution < -0.4 is 16.0 Å². The van der Waals surface area contributed by atoms with Gasteiger partial charge in [0, 0.05) is 31.5 Å². The molecule has 1 saturated carbocycles. The van der Waals surface area contributed by atoms with E-state index < -0.39 is 48.0 Å². The number of carbonyl (C=O) groups excluding carboxylic acids is 4. The SMILES string of the molecule is C=C[C@@H](C[C@H](O)C(CC1CCCCC1)NC(=O)[C@H](Cc1c[nH]cn1)NC(=O)[C@H](Cc1ccccc1)NC(=O)[C@H]1CCCN1C(=O)C(Cc1ccccc1)Cc1ccccc1)C(C)C. The van der Waals surface area contributed by atoms with Crippen LogP contribution in [0.5, 0.6) is 0 Å². The van der Waals surface area contributed by atoms with Crippen molar-refractivity contribution in [3.8, 4) is 0 Å². The summed E-state index contributed by atoms with van der Waals surface area (Å²) in [6.07, 6.45) is 13.4. The molecule has 1 aliphatic heterocycles. The van der Waals surface area contributed by atoms with E-state index in [1.54, 1.807) is 11.1 Å². The number of nitrogens with one attached hydrogen (secondary N) is 4. The van der Waals surface area contributed by atoms with Crippen LogP contribution in [0.15, 0.2) is 116 Å². The van der Waals surface area contributed by atoms with E-state index in [-0.39, 0.29) is 36.5 Å². The molecule has 4 amide bonds. The highest BCUT2D eigenvalue weighted by Crippen LogP contribution is 2.30. The number of H-pyrrole nitrogens is 1. The molecule has 0 bridgehead atoms. The number of aliphatic hydroxyl groups excluding tert-OH is 1. The summed E-state index contributed by atoms with van der Waals surface area (Å²) < 4.78 is 0. The molecule has 2 heterocycles. The van der Waals surface area contributed by atoms with Crippen molar-refractivity contribution in [3.63, 3.8) is 0 Å². The predicted molar refractivity (Wildman–Crippen MR) is 247 cm³/mol. The molecular weight excluding hydrogens is 789 g/mol. The number of rotatable bonds is 22. The van der Waals surface area contributed by atoms with Crippen molar-refractivity contribution >= 4 is 23.6 Å². The maximum Gasteiger partial charge on any atom is 0.243 e. The van der Waals surface area contributed by atoms with Gasteiger partial charge >= 0.3 is 0 Å². The molecule has 6 rings (SSSR count). The van der Waals surface area contributed by atoms with Crippen molar-refractivity contribution in [2.75, 3.05) is 6.54 Å². The Hall–Kier alpha value is -5.55. The van der Waals surface area contributed by atoms with Gasteiger partial charge in [0.15, 0.2) is 0 Å². The molecule has 4 aromatic rings. The monoisotopic (exact) mass is 857 g/mol. The highest BCUT2D eigenvalue weighted by atomic mass is 16.3. The minimum Gasteiger partial charge on any atom is -0.391 e. The lowest BCUT2D eigenvalue weighted by atomic mass is 9.81. The molecule has 0 spiro atoms. The fraction of sp³-hybridized carbons (Fsp3) is 0.481. The number of allylic oxidation sites excluding steroid dienone is 1. The normalized spacial score (nSPS) is 18.0. The van der Waals surface area contributed by atoms with Crippen LogP contribution in [0.2, 0.25) is 0 Å². The van der Waals surface area contributed by atoms with E-state index in [1.807, 2.05) is 97.1 Å². The molecule has 1 aromatic heterocycles. The van der Waals surface area contributed by atoms with Gasteiger partial charge in [-0.15, -0.1) is 6.58 Å². The average Bonchev–Trinajstić information content (AvgIpc) is 4.02. The van der Waals surface area contributed by atoms with E-state index in [2.05, 4.69) is 46.3 Å². The predicted octanol–water partition coefficient (Wildman–Crippen LogP) is 6.92. The zero-order valence-corrected chi connectivity index (χ0v) is 37.2. The van der Waals surface area contributed by atoms with Crippen molar-refractivity contribution < 1.29 is 24.3 Å². The molecule has 63 heavy (non-hydrogen) atoms. The lowest BCUT2D eigenvalue weighted by Gasteiger charge is -2.33. The Morgan fingerprint density at radius 1 is 0.762 bits per heavy atom. The summed E-state index contributed by atoms with van der Waals surface area (Å²) in [5.74, 6) is -1.12. The first-order chi connectivity index (χ1) is 30.6. The Morgan fingerprint density at radius 3 is 1.89 bits per heavy atom. The van der Waals surface area contributed by atoms with E-state index in [0.29, 0.717) is 56.7 Å². The number of likely N-dealkylation sites (tertiary alicyclic amines) is 1. The average molecular weight is 857 g/mol. The van der Waals surface area contributed by atoms with Gasteiger partial charge < -0.3 is 30.9 Å². The maximum atomic E-state index is 14.6. The topological polar surface area (TPSA) is 157 Å². The number of carbonyl (C=O) groups is 4. The van der Waals surface area contributed by atoms with E-state index in [4.69, 9.17) is 0 Å². The van der Waals surface area contributed by atoms with Crippen LogP contribution in [-0.4, -0.2) is 80.4 Å². The number of nitrogens with zero attached hydrogens (tertiary/aromatic N) is 2. The van der Waals surface area contributed by atoms with Crippen molar-refractivity contribution in [2.45, 2.75) is 128 Å². The van der Waals surface area contributed by atoms with Crippen LogP contribution in [-0.2, 0) is 44.9 Å². The largest absolute Gasteiger partial charge is 0.391 e. The summed E-state index contributed by atoms with van der Waals surface area (Å²) in [6, 6.07) is 25.9. The van der Waals surface area contributed by atoms with E-state index in [0.717, 1.165) is 42.4 Å². The first-order valence-corrected chi connectivity index (χ1v) is 23.2. The number of aromatic nitrogens is 2. The fourth-order valence-electron chi connectivity index (χ4n) is 9.46. The molecule has 336 valence electrons. The van der Waals surface area contributed by atoms with Gasteiger partial charge in [-0.2, -0.15) is 0 Å². The summed E-state index contributed by atoms with van der Waals surface area (Å²) >= 11 is 0. The zero-order chi connectivity index (χ0) is 44.6. The minimum atomic E-state index is -1.06. The molecule has 1 saturated heterocycles. The Kier molecular flexibility index (Phi) is 17.7. The van der Waals surface area contributed by atoms with Crippen LogP contribution in [0, 0.1) is 23.7 Å². The van der Waals surface area contributed by atoms with Gasteiger partial charge in [-0.3, -0.25) is 19.2 Å². The van der Waals surface area contributed by atoms with Crippen LogP contribution in [0.4, 0.5) is 0 Å². The second-order valence-electron chi connectivity index (χ2n) is 18.1. The maximum absolute atomic E-state index is 14.6. The Balaban J connectivity index is 1.21. The first kappa shape index (κ1) is 46.9. The van der Waals surface area contributed by atoms with Crippen molar-refractivity contribution in [2.24, 2.45) is 23.7 Å². The van der Waals surface area contributed by atoms with Gasteiger partial charge in [0.1, 0.15) is 18.1 Å². The summed E-state index contributed by atoms with van der Waals surface area (Å²) in [5, 5.41) is 20.9. The molecule has 11 heteroatoms. The number of hydrogen-bond donors (Lipinski definition) is 5. The summed E-state index contributed by atoms with van der Waals surface area (Å²) in [4.78, 5) is 67.0. The van der Waals surface area contributed by atoms with Crippen LogP contribution >= 0.6 is 0 Å². The number of aromatic amines is 1. The van der Waals surface area contributed by atoms with Crippen molar-refractivity contribution in [1.29, 1.82) is 0 Å². The third kappa shape index (κ3) is 14.0. The Labute approximate surface area is 373 Å². The van der Waals surface area contributed by atoms with Gasteiger partial charge in [0.2, 0.25) is 23.6 Å². The van der Waals surface area contributed by atoms with Crippen molar-refractivity contribution in [3.05, 3.63) is 139 Å². The summed E-state index contributed by atoms with van der Waals surface area (Å²) in [7, 11) is 0. The lowest BCUT2D eigenvalue weighted by Crippen LogP contribution is -2.59. The molecule has 1 unspecified atom stereocenters. The molecule has 0 radical (unpaired) electrons. The molecule has 1 aliphatic carbocycles. The van der Waals surface area contributed by atoms with Crippen LogP contribution in [0.25, 0.3) is 0 Å². The van der Waals surface area contributed by atoms with Gasteiger partial charge in [0.25, 0.3) is 0 Å². The molecule has 2 fully saturated rings. The molecule has 11 nitrogen and oxygen atoms in total. The summed E-state index contributed by atoms with van der Waals surface area (Å²) in [5.41, 5.74) is 3.50. The molecular formula is C52H68N6O5. The van der Waals surface area contributed by atoms with E-state index in [1.165, 1.54) is 12.7 Å². The first-order valence-electron chi connectivity index (χ1n) is 23.2.